The van der Waals surface area contributed by atoms with Crippen molar-refractivity contribution in [2.24, 2.45) is 0 Å². The number of carbonyl (C=O) groups is 2. The maximum atomic E-state index is 12.3. The summed E-state index contributed by atoms with van der Waals surface area (Å²) in [6, 6.07) is 13.2. The molecule has 0 aliphatic heterocycles. The van der Waals surface area contributed by atoms with Crippen LogP contribution >= 0.6 is 11.3 Å². The van der Waals surface area contributed by atoms with Crippen molar-refractivity contribution >= 4 is 39.1 Å². The third-order valence-electron chi connectivity index (χ3n) is 3.20. The molecule has 0 spiro atoms. The average Bonchev–Trinajstić information content (AvgIpc) is 2.98. The van der Waals surface area contributed by atoms with Gasteiger partial charge in [-0.25, -0.2) is 9.78 Å². The number of anilines is 1. The summed E-state index contributed by atoms with van der Waals surface area (Å²) in [6.07, 6.45) is 0. The van der Waals surface area contributed by atoms with Gasteiger partial charge in [0.05, 0.1) is 11.3 Å². The van der Waals surface area contributed by atoms with Gasteiger partial charge in [0.1, 0.15) is 6.61 Å². The zero-order valence-electron chi connectivity index (χ0n) is 12.4. The fourth-order valence-corrected chi connectivity index (χ4v) is 2.94. The third-order valence-corrected chi connectivity index (χ3v) is 4.00. The summed E-state index contributed by atoms with van der Waals surface area (Å²) in [4.78, 5) is 27.5. The van der Waals surface area contributed by atoms with Gasteiger partial charge in [-0.05, 0) is 16.8 Å². The second kappa shape index (κ2) is 6.58. The van der Waals surface area contributed by atoms with Crippen molar-refractivity contribution in [2.45, 2.75) is 13.5 Å². The van der Waals surface area contributed by atoms with E-state index in [1.54, 1.807) is 11.4 Å². The Morgan fingerprint density at radius 1 is 1.17 bits per heavy atom. The molecule has 1 amide bonds. The number of aromatic nitrogens is 1. The molecule has 2 aromatic carbocycles. The van der Waals surface area contributed by atoms with Crippen LogP contribution in [0.25, 0.3) is 10.8 Å². The Morgan fingerprint density at radius 2 is 1.96 bits per heavy atom. The van der Waals surface area contributed by atoms with E-state index in [4.69, 9.17) is 4.74 Å². The molecule has 0 atom stereocenters. The number of rotatable bonds is 4. The van der Waals surface area contributed by atoms with Gasteiger partial charge in [0, 0.05) is 12.3 Å². The van der Waals surface area contributed by atoms with Crippen molar-refractivity contribution in [2.75, 3.05) is 5.32 Å². The van der Waals surface area contributed by atoms with Crippen LogP contribution in [0.1, 0.15) is 23.0 Å². The second-order valence-electron chi connectivity index (χ2n) is 4.93. The van der Waals surface area contributed by atoms with Crippen molar-refractivity contribution in [3.05, 3.63) is 59.1 Å². The number of amides is 1. The quantitative estimate of drug-likeness (QED) is 0.744. The number of carbonyl (C=O) groups excluding carboxylic acids is 2. The SMILES string of the molecule is CC(=O)Nc1nc(COC(=O)c2cccc3ccccc23)cs1. The molecule has 1 heterocycles. The predicted molar refractivity (Wildman–Crippen MR) is 89.5 cm³/mol. The van der Waals surface area contributed by atoms with Crippen molar-refractivity contribution in [1.29, 1.82) is 0 Å². The summed E-state index contributed by atoms with van der Waals surface area (Å²) < 4.78 is 5.33. The Kier molecular flexibility index (Phi) is 4.34. The molecular weight excluding hydrogens is 312 g/mol. The normalized spacial score (nSPS) is 10.5. The molecule has 0 saturated carbocycles. The number of ether oxygens (including phenoxy) is 1. The first-order valence-corrected chi connectivity index (χ1v) is 7.88. The first-order valence-electron chi connectivity index (χ1n) is 7.00. The topological polar surface area (TPSA) is 68.3 Å². The number of hydrogen-bond donors (Lipinski definition) is 1. The lowest BCUT2D eigenvalue weighted by molar-refractivity contribution is -0.114. The Balaban J connectivity index is 1.71. The highest BCUT2D eigenvalue weighted by molar-refractivity contribution is 7.13. The molecule has 0 aliphatic rings. The van der Waals surface area contributed by atoms with Crippen LogP contribution in [0.3, 0.4) is 0 Å². The van der Waals surface area contributed by atoms with E-state index < -0.39 is 5.97 Å². The smallest absolute Gasteiger partial charge is 0.339 e. The van der Waals surface area contributed by atoms with Crippen LogP contribution in [0, 0.1) is 0 Å². The molecule has 5 nitrogen and oxygen atoms in total. The summed E-state index contributed by atoms with van der Waals surface area (Å²) in [6.45, 7) is 1.49. The van der Waals surface area contributed by atoms with Crippen LogP contribution < -0.4 is 5.32 Å². The number of esters is 1. The van der Waals surface area contributed by atoms with Gasteiger partial charge in [0.2, 0.25) is 5.91 Å². The van der Waals surface area contributed by atoms with E-state index in [1.165, 1.54) is 18.3 Å². The average molecular weight is 326 g/mol. The summed E-state index contributed by atoms with van der Waals surface area (Å²) >= 11 is 1.29. The maximum absolute atomic E-state index is 12.3. The fourth-order valence-electron chi connectivity index (χ4n) is 2.20. The van der Waals surface area contributed by atoms with E-state index in [-0.39, 0.29) is 12.5 Å². The van der Waals surface area contributed by atoms with Crippen LogP contribution in [-0.2, 0) is 16.1 Å². The van der Waals surface area contributed by atoms with Gasteiger partial charge in [-0.15, -0.1) is 11.3 Å². The molecule has 0 fully saturated rings. The molecule has 3 aromatic rings. The number of thiazole rings is 1. The Hall–Kier alpha value is -2.73. The number of nitrogens with zero attached hydrogens (tertiary/aromatic N) is 1. The van der Waals surface area contributed by atoms with Gasteiger partial charge in [-0.3, -0.25) is 4.79 Å². The summed E-state index contributed by atoms with van der Waals surface area (Å²) in [7, 11) is 0. The predicted octanol–water partition coefficient (Wildman–Crippen LogP) is 3.61. The molecule has 0 bridgehead atoms. The first kappa shape index (κ1) is 15.2. The number of hydrogen-bond acceptors (Lipinski definition) is 5. The molecule has 116 valence electrons. The van der Waals surface area contributed by atoms with E-state index in [0.29, 0.717) is 16.4 Å². The zero-order chi connectivity index (χ0) is 16.2. The molecule has 23 heavy (non-hydrogen) atoms. The lowest BCUT2D eigenvalue weighted by Gasteiger charge is -2.06. The number of fused-ring (bicyclic) bond motifs is 1. The van der Waals surface area contributed by atoms with Crippen LogP contribution in [0.2, 0.25) is 0 Å². The molecule has 0 unspecified atom stereocenters. The van der Waals surface area contributed by atoms with Crippen molar-refractivity contribution in [1.82, 2.24) is 4.98 Å². The largest absolute Gasteiger partial charge is 0.456 e. The Labute approximate surface area is 136 Å². The van der Waals surface area contributed by atoms with Gasteiger partial charge < -0.3 is 10.1 Å². The standard InChI is InChI=1S/C17H14N2O3S/c1-11(20)18-17-19-13(10-23-17)9-22-16(21)15-8-4-6-12-5-2-3-7-14(12)15/h2-8,10H,9H2,1H3,(H,18,19,20). The minimum Gasteiger partial charge on any atom is -0.456 e. The van der Waals surface area contributed by atoms with Gasteiger partial charge in [0.25, 0.3) is 0 Å². The van der Waals surface area contributed by atoms with Gasteiger partial charge in [-0.1, -0.05) is 36.4 Å². The Morgan fingerprint density at radius 3 is 2.78 bits per heavy atom. The molecular formula is C17H14N2O3S. The van der Waals surface area contributed by atoms with Gasteiger partial charge in [0.15, 0.2) is 5.13 Å². The summed E-state index contributed by atoms with van der Waals surface area (Å²) in [5, 5.41) is 6.69. The number of benzene rings is 2. The maximum Gasteiger partial charge on any atom is 0.339 e. The van der Waals surface area contributed by atoms with E-state index in [9.17, 15) is 9.59 Å². The molecule has 6 heteroatoms. The minimum atomic E-state index is -0.393. The van der Waals surface area contributed by atoms with Crippen LogP contribution in [0.15, 0.2) is 47.8 Å². The fraction of sp³-hybridized carbons (Fsp3) is 0.118. The summed E-state index contributed by atoms with van der Waals surface area (Å²) in [5.41, 5.74) is 1.13. The van der Waals surface area contributed by atoms with E-state index in [0.717, 1.165) is 10.8 Å². The second-order valence-corrected chi connectivity index (χ2v) is 5.79. The lowest BCUT2D eigenvalue weighted by atomic mass is 10.1. The van der Waals surface area contributed by atoms with E-state index >= 15 is 0 Å². The summed E-state index contributed by atoms with van der Waals surface area (Å²) in [5.74, 6) is -0.575. The molecule has 1 aromatic heterocycles. The van der Waals surface area contributed by atoms with Gasteiger partial charge in [-0.2, -0.15) is 0 Å². The van der Waals surface area contributed by atoms with Crippen molar-refractivity contribution in [3.63, 3.8) is 0 Å². The number of nitrogens with one attached hydrogen (secondary N) is 1. The van der Waals surface area contributed by atoms with E-state index in [2.05, 4.69) is 10.3 Å². The Bertz CT molecular complexity index is 868. The molecule has 0 saturated heterocycles. The zero-order valence-corrected chi connectivity index (χ0v) is 13.2. The molecule has 0 radical (unpaired) electrons. The van der Waals surface area contributed by atoms with Crippen molar-refractivity contribution < 1.29 is 14.3 Å². The first-order chi connectivity index (χ1) is 11.1. The monoisotopic (exact) mass is 326 g/mol. The highest BCUT2D eigenvalue weighted by Crippen LogP contribution is 2.20. The van der Waals surface area contributed by atoms with Crippen LogP contribution in [0.4, 0.5) is 5.13 Å². The van der Waals surface area contributed by atoms with E-state index in [1.807, 2.05) is 36.4 Å². The highest BCUT2D eigenvalue weighted by Gasteiger charge is 2.12. The molecule has 0 aliphatic carbocycles. The lowest BCUT2D eigenvalue weighted by Crippen LogP contribution is -2.07. The highest BCUT2D eigenvalue weighted by atomic mass is 32.1. The third kappa shape index (κ3) is 3.54. The molecule has 1 N–H and O–H groups in total. The molecule has 3 rings (SSSR count). The van der Waals surface area contributed by atoms with Crippen molar-refractivity contribution in [3.8, 4) is 0 Å². The minimum absolute atomic E-state index is 0.0676. The van der Waals surface area contributed by atoms with Gasteiger partial charge >= 0.3 is 5.97 Å². The van der Waals surface area contributed by atoms with Crippen LogP contribution in [0.5, 0.6) is 0 Å². The van der Waals surface area contributed by atoms with Crippen LogP contribution in [-0.4, -0.2) is 16.9 Å².